The largest absolute Gasteiger partial charge is 0.463 e. The summed E-state index contributed by atoms with van der Waals surface area (Å²) in [5.41, 5.74) is 0. The van der Waals surface area contributed by atoms with E-state index in [2.05, 4.69) is 4.74 Å². The van der Waals surface area contributed by atoms with Crippen LogP contribution in [0.25, 0.3) is 0 Å². The molecule has 0 heterocycles. The number of carbonyl (C=O) groups is 2. The molecule has 0 N–H and O–H groups in total. The van der Waals surface area contributed by atoms with Gasteiger partial charge < -0.3 is 9.47 Å². The summed E-state index contributed by atoms with van der Waals surface area (Å²) in [7, 11) is 0. The molecule has 0 aliphatic heterocycles. The van der Waals surface area contributed by atoms with Gasteiger partial charge in [-0.15, -0.1) is 0 Å². The molecule has 0 aliphatic rings. The molecular formula is C9H16O4. The van der Waals surface area contributed by atoms with Gasteiger partial charge in [0.15, 0.2) is 6.61 Å². The highest BCUT2D eigenvalue weighted by Crippen LogP contribution is 2.00. The first-order chi connectivity index (χ1) is 6.06. The van der Waals surface area contributed by atoms with Crippen LogP contribution in [0, 0.1) is 5.92 Å². The van der Waals surface area contributed by atoms with Gasteiger partial charge in [0.1, 0.15) is 0 Å². The van der Waals surface area contributed by atoms with Crippen LogP contribution in [0.3, 0.4) is 0 Å². The van der Waals surface area contributed by atoms with E-state index in [1.807, 2.05) is 13.8 Å². The van der Waals surface area contributed by atoms with Crippen LogP contribution in [0.2, 0.25) is 0 Å². The summed E-state index contributed by atoms with van der Waals surface area (Å²) in [5.74, 6) is -0.614. The number of carbonyl (C=O) groups excluding carboxylic acids is 2. The molecule has 1 atom stereocenters. The highest BCUT2D eigenvalue weighted by molar-refractivity contribution is 5.75. The van der Waals surface area contributed by atoms with Crippen molar-refractivity contribution in [3.05, 3.63) is 0 Å². The predicted molar refractivity (Wildman–Crippen MR) is 47.0 cm³/mol. The molecule has 13 heavy (non-hydrogen) atoms. The monoisotopic (exact) mass is 188 g/mol. The third-order valence-electron chi connectivity index (χ3n) is 1.62. The fourth-order valence-corrected chi connectivity index (χ4v) is 0.555. The fourth-order valence-electron chi connectivity index (χ4n) is 0.555. The molecule has 4 nitrogen and oxygen atoms in total. The molecule has 0 rings (SSSR count). The molecule has 0 aliphatic carbocycles. The van der Waals surface area contributed by atoms with Crippen molar-refractivity contribution in [2.24, 2.45) is 5.92 Å². The normalized spacial score (nSPS) is 11.9. The SMILES string of the molecule is CCC(C)COC(=O)COC(C)=O. The van der Waals surface area contributed by atoms with Gasteiger partial charge in [0.05, 0.1) is 6.61 Å². The van der Waals surface area contributed by atoms with Gasteiger partial charge in [-0.05, 0) is 5.92 Å². The number of esters is 2. The lowest BCUT2D eigenvalue weighted by molar-refractivity contribution is -0.158. The smallest absolute Gasteiger partial charge is 0.344 e. The molecule has 0 aromatic heterocycles. The van der Waals surface area contributed by atoms with E-state index in [9.17, 15) is 9.59 Å². The van der Waals surface area contributed by atoms with Crippen molar-refractivity contribution in [2.75, 3.05) is 13.2 Å². The summed E-state index contributed by atoms with van der Waals surface area (Å²) in [6.45, 7) is 5.36. The Hall–Kier alpha value is -1.06. The van der Waals surface area contributed by atoms with Crippen molar-refractivity contribution in [3.8, 4) is 0 Å². The quantitative estimate of drug-likeness (QED) is 0.607. The van der Waals surface area contributed by atoms with Gasteiger partial charge in [-0.3, -0.25) is 4.79 Å². The van der Waals surface area contributed by atoms with Gasteiger partial charge in [0.2, 0.25) is 0 Å². The number of ether oxygens (including phenoxy) is 2. The van der Waals surface area contributed by atoms with E-state index in [1.54, 1.807) is 0 Å². The molecule has 4 heteroatoms. The van der Waals surface area contributed by atoms with Crippen molar-refractivity contribution in [1.29, 1.82) is 0 Å². The van der Waals surface area contributed by atoms with Crippen molar-refractivity contribution >= 4 is 11.9 Å². The molecule has 1 unspecified atom stereocenters. The van der Waals surface area contributed by atoms with Crippen LogP contribution in [0.5, 0.6) is 0 Å². The average Bonchev–Trinajstić information content (AvgIpc) is 2.10. The summed E-state index contributed by atoms with van der Waals surface area (Å²) in [6, 6.07) is 0. The third kappa shape index (κ3) is 7.31. The summed E-state index contributed by atoms with van der Waals surface area (Å²) >= 11 is 0. The summed E-state index contributed by atoms with van der Waals surface area (Å²) in [4.78, 5) is 21.2. The molecule has 0 fully saturated rings. The number of hydrogen-bond acceptors (Lipinski definition) is 4. The van der Waals surface area contributed by atoms with Crippen molar-refractivity contribution in [2.45, 2.75) is 27.2 Å². The molecular weight excluding hydrogens is 172 g/mol. The Bertz CT molecular complexity index is 176. The molecule has 0 saturated heterocycles. The van der Waals surface area contributed by atoms with E-state index in [4.69, 9.17) is 4.74 Å². The van der Waals surface area contributed by atoms with E-state index < -0.39 is 11.9 Å². The van der Waals surface area contributed by atoms with E-state index in [0.717, 1.165) is 6.42 Å². The molecule has 0 bridgehead atoms. The third-order valence-corrected chi connectivity index (χ3v) is 1.62. The van der Waals surface area contributed by atoms with Gasteiger partial charge in [-0.1, -0.05) is 20.3 Å². The van der Waals surface area contributed by atoms with Crippen LogP contribution >= 0.6 is 0 Å². The van der Waals surface area contributed by atoms with Crippen LogP contribution in [-0.2, 0) is 19.1 Å². The van der Waals surface area contributed by atoms with E-state index >= 15 is 0 Å². The second kappa shape index (κ2) is 6.46. The first kappa shape index (κ1) is 11.9. The molecule has 76 valence electrons. The van der Waals surface area contributed by atoms with E-state index in [0.29, 0.717) is 12.5 Å². The van der Waals surface area contributed by atoms with Gasteiger partial charge in [-0.2, -0.15) is 0 Å². The number of rotatable bonds is 5. The van der Waals surface area contributed by atoms with Crippen LogP contribution in [0.4, 0.5) is 0 Å². The Morgan fingerprint density at radius 1 is 1.31 bits per heavy atom. The van der Waals surface area contributed by atoms with Gasteiger partial charge >= 0.3 is 11.9 Å². The zero-order valence-corrected chi connectivity index (χ0v) is 8.33. The molecule has 0 radical (unpaired) electrons. The predicted octanol–water partition coefficient (Wildman–Crippen LogP) is 1.14. The lowest BCUT2D eigenvalue weighted by Gasteiger charge is -2.08. The summed E-state index contributed by atoms with van der Waals surface area (Å²) in [6.07, 6.45) is 0.959. The minimum atomic E-state index is -0.490. The number of hydrogen-bond donors (Lipinski definition) is 0. The maximum Gasteiger partial charge on any atom is 0.344 e. The van der Waals surface area contributed by atoms with Crippen LogP contribution in [0.1, 0.15) is 27.2 Å². The van der Waals surface area contributed by atoms with Gasteiger partial charge in [0, 0.05) is 6.92 Å². The lowest BCUT2D eigenvalue weighted by Crippen LogP contribution is -2.17. The average molecular weight is 188 g/mol. The Morgan fingerprint density at radius 2 is 1.92 bits per heavy atom. The zero-order chi connectivity index (χ0) is 10.3. The Morgan fingerprint density at radius 3 is 2.38 bits per heavy atom. The van der Waals surface area contributed by atoms with E-state index in [-0.39, 0.29) is 6.61 Å². The molecule has 0 aromatic carbocycles. The topological polar surface area (TPSA) is 52.6 Å². The maximum atomic E-state index is 10.9. The minimum absolute atomic E-state index is 0.286. The second-order valence-electron chi connectivity index (χ2n) is 2.98. The standard InChI is InChI=1S/C9H16O4/c1-4-7(2)5-13-9(11)6-12-8(3)10/h7H,4-6H2,1-3H3. The minimum Gasteiger partial charge on any atom is -0.463 e. The summed E-state index contributed by atoms with van der Waals surface area (Å²) < 4.78 is 9.29. The lowest BCUT2D eigenvalue weighted by atomic mass is 10.1. The molecule has 0 aromatic rings. The van der Waals surface area contributed by atoms with Crippen molar-refractivity contribution < 1.29 is 19.1 Å². The fraction of sp³-hybridized carbons (Fsp3) is 0.778. The van der Waals surface area contributed by atoms with Crippen molar-refractivity contribution in [1.82, 2.24) is 0 Å². The van der Waals surface area contributed by atoms with Crippen LogP contribution in [0.15, 0.2) is 0 Å². The highest BCUT2D eigenvalue weighted by atomic mass is 16.6. The highest BCUT2D eigenvalue weighted by Gasteiger charge is 2.07. The van der Waals surface area contributed by atoms with Crippen LogP contribution in [-0.4, -0.2) is 25.2 Å². The van der Waals surface area contributed by atoms with E-state index in [1.165, 1.54) is 6.92 Å². The second-order valence-corrected chi connectivity index (χ2v) is 2.98. The Balaban J connectivity index is 3.46. The Labute approximate surface area is 78.2 Å². The summed E-state index contributed by atoms with van der Waals surface area (Å²) in [5, 5.41) is 0. The van der Waals surface area contributed by atoms with Gasteiger partial charge in [0.25, 0.3) is 0 Å². The van der Waals surface area contributed by atoms with Crippen LogP contribution < -0.4 is 0 Å². The van der Waals surface area contributed by atoms with Gasteiger partial charge in [-0.25, -0.2) is 4.79 Å². The maximum absolute atomic E-state index is 10.9. The molecule has 0 saturated carbocycles. The first-order valence-electron chi connectivity index (χ1n) is 4.35. The zero-order valence-electron chi connectivity index (χ0n) is 8.33. The molecule has 0 spiro atoms. The first-order valence-corrected chi connectivity index (χ1v) is 4.35. The van der Waals surface area contributed by atoms with Crippen molar-refractivity contribution in [3.63, 3.8) is 0 Å². The Kier molecular flexibility index (Phi) is 5.93. The molecule has 0 amide bonds.